The molecule has 0 aromatic heterocycles. The minimum absolute atomic E-state index is 0.163. The number of hydrazone groups is 2. The van der Waals surface area contributed by atoms with E-state index in [1.54, 1.807) is 0 Å². The molecule has 0 spiro atoms. The molecule has 0 atom stereocenters. The standard InChI is InChI=1S/C15H28N4O2/c1-5-8-12(3)16-18-14(20)10-7-11-15(21)19-17-13(4)9-6-2/h5-11H2,1-4H3,(H,18,20)(H,19,21)/b16-12-,17-13-. The molecule has 0 aliphatic rings. The molecule has 21 heavy (non-hydrogen) atoms. The number of carbonyl (C=O) groups is 2. The van der Waals surface area contributed by atoms with E-state index in [0.29, 0.717) is 6.42 Å². The predicted octanol–water partition coefficient (Wildman–Crippen LogP) is 2.74. The molecule has 0 aliphatic carbocycles. The maximum atomic E-state index is 11.5. The topological polar surface area (TPSA) is 82.9 Å². The van der Waals surface area contributed by atoms with E-state index in [0.717, 1.165) is 37.1 Å². The summed E-state index contributed by atoms with van der Waals surface area (Å²) in [5.41, 5.74) is 6.81. The van der Waals surface area contributed by atoms with E-state index in [1.165, 1.54) is 0 Å². The maximum absolute atomic E-state index is 11.5. The van der Waals surface area contributed by atoms with Crippen LogP contribution in [0.5, 0.6) is 0 Å². The number of nitrogens with one attached hydrogen (secondary N) is 2. The highest BCUT2D eigenvalue weighted by atomic mass is 16.2. The van der Waals surface area contributed by atoms with Crippen molar-refractivity contribution in [3.8, 4) is 0 Å². The fourth-order valence-corrected chi connectivity index (χ4v) is 1.67. The van der Waals surface area contributed by atoms with Gasteiger partial charge in [0, 0.05) is 24.3 Å². The molecule has 120 valence electrons. The summed E-state index contributed by atoms with van der Waals surface area (Å²) < 4.78 is 0. The molecular weight excluding hydrogens is 268 g/mol. The van der Waals surface area contributed by atoms with E-state index in [-0.39, 0.29) is 24.7 Å². The third kappa shape index (κ3) is 11.8. The highest BCUT2D eigenvalue weighted by molar-refractivity contribution is 5.85. The SMILES string of the molecule is CCC/C(C)=N\NC(=O)CCCC(=O)N/N=C(/C)CCC. The van der Waals surface area contributed by atoms with Crippen LogP contribution < -0.4 is 10.9 Å². The Morgan fingerprint density at radius 3 is 1.48 bits per heavy atom. The Balaban J connectivity index is 3.83. The molecule has 0 heterocycles. The molecule has 0 rings (SSSR count). The van der Waals surface area contributed by atoms with Crippen molar-refractivity contribution in [1.82, 2.24) is 10.9 Å². The molecule has 6 nitrogen and oxygen atoms in total. The van der Waals surface area contributed by atoms with Crippen LogP contribution >= 0.6 is 0 Å². The van der Waals surface area contributed by atoms with Gasteiger partial charge in [0.25, 0.3) is 0 Å². The lowest BCUT2D eigenvalue weighted by atomic mass is 10.2. The predicted molar refractivity (Wildman–Crippen MR) is 86.2 cm³/mol. The van der Waals surface area contributed by atoms with Crippen molar-refractivity contribution in [3.05, 3.63) is 0 Å². The zero-order valence-electron chi connectivity index (χ0n) is 13.7. The third-order valence-electron chi connectivity index (χ3n) is 2.77. The first kappa shape index (κ1) is 19.3. The van der Waals surface area contributed by atoms with Crippen molar-refractivity contribution in [1.29, 1.82) is 0 Å². The lowest BCUT2D eigenvalue weighted by Crippen LogP contribution is -2.21. The smallest absolute Gasteiger partial charge is 0.240 e. The van der Waals surface area contributed by atoms with Crippen molar-refractivity contribution >= 4 is 23.2 Å². The first-order valence-corrected chi connectivity index (χ1v) is 7.63. The molecule has 2 amide bonds. The van der Waals surface area contributed by atoms with Gasteiger partial charge < -0.3 is 0 Å². The molecule has 0 aromatic carbocycles. The van der Waals surface area contributed by atoms with Gasteiger partial charge in [0.1, 0.15) is 0 Å². The molecule has 2 N–H and O–H groups in total. The van der Waals surface area contributed by atoms with E-state index in [1.807, 2.05) is 13.8 Å². The van der Waals surface area contributed by atoms with Crippen LogP contribution in [-0.2, 0) is 9.59 Å². The van der Waals surface area contributed by atoms with E-state index < -0.39 is 0 Å². The summed E-state index contributed by atoms with van der Waals surface area (Å²) in [5.74, 6) is -0.326. The molecule has 0 aromatic rings. The lowest BCUT2D eigenvalue weighted by Gasteiger charge is -2.03. The number of rotatable bonds is 10. The second-order valence-electron chi connectivity index (χ2n) is 5.12. The molecule has 0 saturated heterocycles. The van der Waals surface area contributed by atoms with Crippen LogP contribution in [-0.4, -0.2) is 23.2 Å². The van der Waals surface area contributed by atoms with E-state index >= 15 is 0 Å². The van der Waals surface area contributed by atoms with Crippen molar-refractivity contribution in [2.24, 2.45) is 10.2 Å². The average molecular weight is 296 g/mol. The minimum Gasteiger partial charge on any atom is -0.273 e. The first-order chi connectivity index (χ1) is 9.99. The third-order valence-corrected chi connectivity index (χ3v) is 2.77. The highest BCUT2D eigenvalue weighted by Crippen LogP contribution is 1.97. The van der Waals surface area contributed by atoms with Gasteiger partial charge in [-0.1, -0.05) is 26.7 Å². The molecule has 0 fully saturated rings. The summed E-state index contributed by atoms with van der Waals surface area (Å²) in [6.45, 7) is 7.88. The summed E-state index contributed by atoms with van der Waals surface area (Å²) in [7, 11) is 0. The van der Waals surface area contributed by atoms with Gasteiger partial charge >= 0.3 is 0 Å². The van der Waals surface area contributed by atoms with Crippen molar-refractivity contribution in [3.63, 3.8) is 0 Å². The zero-order chi connectivity index (χ0) is 16.1. The summed E-state index contributed by atoms with van der Waals surface area (Å²) in [5, 5.41) is 7.97. The highest BCUT2D eigenvalue weighted by Gasteiger charge is 2.04. The number of nitrogens with zero attached hydrogens (tertiary/aromatic N) is 2. The maximum Gasteiger partial charge on any atom is 0.240 e. The Labute approximate surface area is 127 Å². The molecule has 0 saturated carbocycles. The van der Waals surface area contributed by atoms with Gasteiger partial charge in [-0.3, -0.25) is 9.59 Å². The van der Waals surface area contributed by atoms with E-state index in [9.17, 15) is 9.59 Å². The molecule has 6 heteroatoms. The minimum atomic E-state index is -0.163. The average Bonchev–Trinajstić information content (AvgIpc) is 2.43. The summed E-state index contributed by atoms with van der Waals surface area (Å²) in [6, 6.07) is 0. The fourth-order valence-electron chi connectivity index (χ4n) is 1.67. The fraction of sp³-hybridized carbons (Fsp3) is 0.733. The Hall–Kier alpha value is -1.72. The van der Waals surface area contributed by atoms with Crippen LogP contribution in [0.3, 0.4) is 0 Å². The van der Waals surface area contributed by atoms with Crippen LogP contribution in [0, 0.1) is 0 Å². The van der Waals surface area contributed by atoms with Gasteiger partial charge in [-0.2, -0.15) is 10.2 Å². The Morgan fingerprint density at radius 2 is 1.14 bits per heavy atom. The number of carbonyl (C=O) groups excluding carboxylic acids is 2. The summed E-state index contributed by atoms with van der Waals surface area (Å²) in [6.07, 6.45) is 4.81. The van der Waals surface area contributed by atoms with E-state index in [2.05, 4.69) is 34.9 Å². The monoisotopic (exact) mass is 296 g/mol. The van der Waals surface area contributed by atoms with Gasteiger partial charge in [0.2, 0.25) is 11.8 Å². The number of amides is 2. The molecule has 0 unspecified atom stereocenters. The Morgan fingerprint density at radius 1 is 0.762 bits per heavy atom. The quantitative estimate of drug-likeness (QED) is 0.480. The molecule has 0 aliphatic heterocycles. The largest absolute Gasteiger partial charge is 0.273 e. The Bertz CT molecular complexity index is 353. The summed E-state index contributed by atoms with van der Waals surface area (Å²) in [4.78, 5) is 23.0. The molecule has 0 bridgehead atoms. The van der Waals surface area contributed by atoms with Crippen molar-refractivity contribution < 1.29 is 9.59 Å². The van der Waals surface area contributed by atoms with Crippen LogP contribution in [0.2, 0.25) is 0 Å². The normalized spacial score (nSPS) is 12.2. The van der Waals surface area contributed by atoms with Gasteiger partial charge in [-0.15, -0.1) is 0 Å². The zero-order valence-corrected chi connectivity index (χ0v) is 13.7. The van der Waals surface area contributed by atoms with Gasteiger partial charge in [-0.25, -0.2) is 10.9 Å². The van der Waals surface area contributed by atoms with Crippen LogP contribution in [0.15, 0.2) is 10.2 Å². The van der Waals surface area contributed by atoms with Crippen molar-refractivity contribution in [2.75, 3.05) is 0 Å². The van der Waals surface area contributed by atoms with Crippen LogP contribution in [0.4, 0.5) is 0 Å². The van der Waals surface area contributed by atoms with Gasteiger partial charge in [-0.05, 0) is 33.1 Å². The van der Waals surface area contributed by atoms with Crippen molar-refractivity contribution in [2.45, 2.75) is 72.6 Å². The first-order valence-electron chi connectivity index (χ1n) is 7.63. The van der Waals surface area contributed by atoms with Gasteiger partial charge in [0.15, 0.2) is 0 Å². The number of hydrogen-bond donors (Lipinski definition) is 2. The van der Waals surface area contributed by atoms with Crippen LogP contribution in [0.25, 0.3) is 0 Å². The lowest BCUT2D eigenvalue weighted by molar-refractivity contribution is -0.122. The van der Waals surface area contributed by atoms with Gasteiger partial charge in [0.05, 0.1) is 0 Å². The van der Waals surface area contributed by atoms with E-state index in [4.69, 9.17) is 0 Å². The molecule has 0 radical (unpaired) electrons. The molecular formula is C15H28N4O2. The van der Waals surface area contributed by atoms with Crippen LogP contribution in [0.1, 0.15) is 72.6 Å². The Kier molecular flexibility index (Phi) is 11.1. The second-order valence-corrected chi connectivity index (χ2v) is 5.12. The number of hydrogen-bond acceptors (Lipinski definition) is 4. The second kappa shape index (κ2) is 12.1. The summed E-state index contributed by atoms with van der Waals surface area (Å²) >= 11 is 0.